The Balaban J connectivity index is 1.58. The van der Waals surface area contributed by atoms with Crippen molar-refractivity contribution >= 4 is 5.91 Å². The minimum absolute atomic E-state index is 0.120. The summed E-state index contributed by atoms with van der Waals surface area (Å²) in [6.07, 6.45) is 0. The molecule has 1 amide bonds. The van der Waals surface area contributed by atoms with E-state index >= 15 is 0 Å². The van der Waals surface area contributed by atoms with Crippen molar-refractivity contribution in [3.8, 4) is 0 Å². The van der Waals surface area contributed by atoms with Crippen LogP contribution in [-0.4, -0.2) is 66.2 Å². The first-order valence-electron chi connectivity index (χ1n) is 8.14. The molecule has 0 unspecified atom stereocenters. The molecule has 2 saturated heterocycles. The van der Waals surface area contributed by atoms with Gasteiger partial charge >= 0.3 is 0 Å². The largest absolute Gasteiger partial charge is 0.360 e. The van der Waals surface area contributed by atoms with E-state index < -0.39 is 0 Å². The van der Waals surface area contributed by atoms with E-state index in [2.05, 4.69) is 48.1 Å². The molecule has 2 atom stereocenters. The second-order valence-corrected chi connectivity index (χ2v) is 7.14. The number of likely N-dealkylation sites (tertiary alicyclic amines) is 2. The van der Waals surface area contributed by atoms with E-state index in [9.17, 15) is 4.79 Å². The van der Waals surface area contributed by atoms with Gasteiger partial charge in [0.25, 0.3) is 5.91 Å². The van der Waals surface area contributed by atoms with E-state index in [1.54, 1.807) is 6.07 Å². The van der Waals surface area contributed by atoms with Gasteiger partial charge in [-0.1, -0.05) is 12.1 Å². The first-order valence-corrected chi connectivity index (χ1v) is 8.14. The van der Waals surface area contributed by atoms with Crippen LogP contribution >= 0.6 is 0 Å². The van der Waals surface area contributed by atoms with E-state index in [1.807, 2.05) is 0 Å². The third-order valence-corrected chi connectivity index (χ3v) is 4.91. The Morgan fingerprint density at radius 1 is 1.36 bits per heavy atom. The molecule has 0 bridgehead atoms. The van der Waals surface area contributed by atoms with Crippen molar-refractivity contribution < 1.29 is 9.32 Å². The first-order chi connectivity index (χ1) is 10.4. The predicted octanol–water partition coefficient (Wildman–Crippen LogP) is 1.16. The number of carbonyl (C=O) groups is 1. The molecule has 2 fully saturated rings. The van der Waals surface area contributed by atoms with E-state index in [1.165, 1.54) is 0 Å². The number of hydrogen-bond donors (Lipinski definition) is 1. The highest BCUT2D eigenvalue weighted by atomic mass is 16.5. The van der Waals surface area contributed by atoms with Gasteiger partial charge in [0, 0.05) is 50.2 Å². The number of nitrogens with zero attached hydrogens (tertiary/aromatic N) is 3. The Kier molecular flexibility index (Phi) is 4.23. The van der Waals surface area contributed by atoms with E-state index in [4.69, 9.17) is 4.52 Å². The highest BCUT2D eigenvalue weighted by molar-refractivity contribution is 5.92. The topological polar surface area (TPSA) is 61.6 Å². The SMILES string of the molecule is CC(C)N1C[C@H](C)[C@H](NC(=O)c2cc(C3CN(C)C3)on2)C1. The van der Waals surface area contributed by atoms with E-state index in [0.717, 1.165) is 31.9 Å². The molecule has 2 aliphatic heterocycles. The normalized spacial score (nSPS) is 27.3. The molecule has 1 N–H and O–H groups in total. The molecule has 6 heteroatoms. The van der Waals surface area contributed by atoms with Crippen LogP contribution in [0.15, 0.2) is 10.6 Å². The summed E-state index contributed by atoms with van der Waals surface area (Å²) in [6, 6.07) is 2.50. The lowest BCUT2D eigenvalue weighted by molar-refractivity contribution is 0.0921. The van der Waals surface area contributed by atoms with E-state index in [0.29, 0.717) is 23.6 Å². The van der Waals surface area contributed by atoms with Gasteiger partial charge in [-0.25, -0.2) is 0 Å². The minimum Gasteiger partial charge on any atom is -0.360 e. The highest BCUT2D eigenvalue weighted by Gasteiger charge is 2.33. The van der Waals surface area contributed by atoms with Crippen molar-refractivity contribution in [1.82, 2.24) is 20.3 Å². The van der Waals surface area contributed by atoms with Crippen LogP contribution in [0.3, 0.4) is 0 Å². The van der Waals surface area contributed by atoms with E-state index in [-0.39, 0.29) is 11.9 Å². The molecule has 122 valence electrons. The fourth-order valence-corrected chi connectivity index (χ4v) is 3.32. The van der Waals surface area contributed by atoms with Crippen LogP contribution in [0.2, 0.25) is 0 Å². The molecule has 0 saturated carbocycles. The van der Waals surface area contributed by atoms with Gasteiger partial charge in [0.1, 0.15) is 5.76 Å². The van der Waals surface area contributed by atoms with Gasteiger partial charge in [-0.3, -0.25) is 9.69 Å². The number of amides is 1. The summed E-state index contributed by atoms with van der Waals surface area (Å²) in [5, 5.41) is 7.06. The average molecular weight is 306 g/mol. The summed E-state index contributed by atoms with van der Waals surface area (Å²) in [6.45, 7) is 10.4. The van der Waals surface area contributed by atoms with Crippen molar-refractivity contribution in [2.24, 2.45) is 5.92 Å². The third kappa shape index (κ3) is 3.03. The first kappa shape index (κ1) is 15.5. The second-order valence-electron chi connectivity index (χ2n) is 7.14. The molecule has 0 radical (unpaired) electrons. The Morgan fingerprint density at radius 3 is 2.68 bits per heavy atom. The Morgan fingerprint density at radius 2 is 2.09 bits per heavy atom. The summed E-state index contributed by atoms with van der Waals surface area (Å²) in [7, 11) is 2.07. The molecule has 0 spiro atoms. The summed E-state index contributed by atoms with van der Waals surface area (Å²) in [5.41, 5.74) is 0.403. The lowest BCUT2D eigenvalue weighted by atomic mass is 9.98. The van der Waals surface area contributed by atoms with Gasteiger partial charge in [-0.15, -0.1) is 0 Å². The maximum absolute atomic E-state index is 12.4. The van der Waals surface area contributed by atoms with Crippen LogP contribution in [-0.2, 0) is 0 Å². The molecule has 0 aromatic carbocycles. The average Bonchev–Trinajstić information content (AvgIpc) is 3.03. The van der Waals surface area contributed by atoms with Crippen LogP contribution in [0.1, 0.15) is 42.9 Å². The number of hydrogen-bond acceptors (Lipinski definition) is 5. The van der Waals surface area contributed by atoms with Gasteiger partial charge in [0.05, 0.1) is 0 Å². The lowest BCUT2D eigenvalue weighted by Gasteiger charge is -2.34. The van der Waals surface area contributed by atoms with Crippen LogP contribution in [0, 0.1) is 5.92 Å². The van der Waals surface area contributed by atoms with Crippen molar-refractivity contribution in [3.05, 3.63) is 17.5 Å². The van der Waals surface area contributed by atoms with Crippen LogP contribution in [0.4, 0.5) is 0 Å². The smallest absolute Gasteiger partial charge is 0.273 e. The maximum Gasteiger partial charge on any atom is 0.273 e. The van der Waals surface area contributed by atoms with Gasteiger partial charge < -0.3 is 14.7 Å². The summed E-state index contributed by atoms with van der Waals surface area (Å²) in [5.74, 6) is 1.54. The highest BCUT2D eigenvalue weighted by Crippen LogP contribution is 2.26. The molecule has 1 aromatic rings. The van der Waals surface area contributed by atoms with Gasteiger partial charge in [0.15, 0.2) is 5.69 Å². The van der Waals surface area contributed by atoms with Crippen LogP contribution < -0.4 is 5.32 Å². The molecular weight excluding hydrogens is 280 g/mol. The molecule has 1 aromatic heterocycles. The van der Waals surface area contributed by atoms with Crippen LogP contribution in [0.25, 0.3) is 0 Å². The van der Waals surface area contributed by atoms with Crippen molar-refractivity contribution in [2.45, 2.75) is 38.8 Å². The number of carbonyl (C=O) groups excluding carboxylic acids is 1. The predicted molar refractivity (Wildman–Crippen MR) is 83.9 cm³/mol. The quantitative estimate of drug-likeness (QED) is 0.904. The molecule has 6 nitrogen and oxygen atoms in total. The molecule has 2 aliphatic rings. The zero-order valence-electron chi connectivity index (χ0n) is 13.9. The molecule has 3 heterocycles. The zero-order valence-corrected chi connectivity index (χ0v) is 13.9. The second kappa shape index (κ2) is 6.01. The Labute approximate surface area is 131 Å². The summed E-state index contributed by atoms with van der Waals surface area (Å²) >= 11 is 0. The van der Waals surface area contributed by atoms with Gasteiger partial charge in [-0.05, 0) is 26.8 Å². The number of likely N-dealkylation sites (N-methyl/N-ethyl adjacent to an activating group) is 1. The third-order valence-electron chi connectivity index (χ3n) is 4.91. The number of nitrogens with one attached hydrogen (secondary N) is 1. The Bertz CT molecular complexity index is 536. The Hall–Kier alpha value is -1.40. The number of rotatable bonds is 4. The van der Waals surface area contributed by atoms with Crippen molar-refractivity contribution in [2.75, 3.05) is 33.2 Å². The number of aromatic nitrogens is 1. The molecule has 3 rings (SSSR count). The van der Waals surface area contributed by atoms with Gasteiger partial charge in [-0.2, -0.15) is 0 Å². The van der Waals surface area contributed by atoms with Gasteiger partial charge in [0.2, 0.25) is 0 Å². The van der Waals surface area contributed by atoms with Crippen LogP contribution in [0.5, 0.6) is 0 Å². The maximum atomic E-state index is 12.4. The monoisotopic (exact) mass is 306 g/mol. The summed E-state index contributed by atoms with van der Waals surface area (Å²) in [4.78, 5) is 17.0. The fourth-order valence-electron chi connectivity index (χ4n) is 3.32. The minimum atomic E-state index is -0.120. The molecule has 22 heavy (non-hydrogen) atoms. The molecule has 0 aliphatic carbocycles. The summed E-state index contributed by atoms with van der Waals surface area (Å²) < 4.78 is 5.34. The molecular formula is C16H26N4O2. The van der Waals surface area contributed by atoms with Crippen molar-refractivity contribution in [1.29, 1.82) is 0 Å². The van der Waals surface area contributed by atoms with Crippen molar-refractivity contribution in [3.63, 3.8) is 0 Å². The lowest BCUT2D eigenvalue weighted by Crippen LogP contribution is -2.41. The zero-order chi connectivity index (χ0) is 15.9. The fraction of sp³-hybridized carbons (Fsp3) is 0.750. The standard InChI is InChI=1S/C16H26N4O2/c1-10(2)20-6-11(3)14(9-20)17-16(21)13-5-15(22-18-13)12-7-19(4)8-12/h5,10-12,14H,6-9H2,1-4H3,(H,17,21)/t11-,14+/m0/s1.